The van der Waals surface area contributed by atoms with Crippen molar-refractivity contribution in [2.45, 2.75) is 38.3 Å². The number of para-hydroxylation sites is 1. The van der Waals surface area contributed by atoms with Crippen molar-refractivity contribution >= 4 is 12.4 Å². The van der Waals surface area contributed by atoms with E-state index in [1.165, 1.54) is 0 Å². The summed E-state index contributed by atoms with van der Waals surface area (Å²) in [6.45, 7) is 7.56. The van der Waals surface area contributed by atoms with Crippen molar-refractivity contribution in [3.63, 3.8) is 0 Å². The van der Waals surface area contributed by atoms with E-state index in [1.807, 2.05) is 43.3 Å². The van der Waals surface area contributed by atoms with Gasteiger partial charge in [0, 0.05) is 25.0 Å². The molecule has 144 valence electrons. The fraction of sp³-hybridized carbons (Fsp3) is 0.429. The predicted molar refractivity (Wildman–Crippen MR) is 109 cm³/mol. The molecule has 0 amide bonds. The lowest BCUT2D eigenvalue weighted by atomic mass is 10.2. The summed E-state index contributed by atoms with van der Waals surface area (Å²) in [5, 5.41) is 3.60. The van der Waals surface area contributed by atoms with Crippen LogP contribution in [-0.2, 0) is 4.74 Å². The number of allylic oxidation sites excluding steroid dienone is 1. The molecule has 0 spiro atoms. The minimum Gasteiger partial charge on any atom is -0.493 e. The molecule has 0 saturated carbocycles. The Kier molecular flexibility index (Phi) is 7.04. The number of hydrogen-bond donors (Lipinski definition) is 1. The fourth-order valence-corrected chi connectivity index (χ4v) is 3.52. The molecule has 2 unspecified atom stereocenters. The van der Waals surface area contributed by atoms with E-state index in [1.54, 1.807) is 6.20 Å². The third kappa shape index (κ3) is 5.44. The zero-order valence-electron chi connectivity index (χ0n) is 15.9. The highest BCUT2D eigenvalue weighted by molar-refractivity contribution is 5.93. The summed E-state index contributed by atoms with van der Waals surface area (Å²) in [4.78, 5) is 7.29. The molecule has 2 fully saturated rings. The lowest BCUT2D eigenvalue weighted by Crippen LogP contribution is -2.44. The number of nitrogens with one attached hydrogen (secondary N) is 1. The Hall–Kier alpha value is -2.60. The summed E-state index contributed by atoms with van der Waals surface area (Å²) in [5.41, 5.74) is 3.62. The minimum atomic E-state index is 0.415. The van der Waals surface area contributed by atoms with Crippen molar-refractivity contribution in [1.29, 1.82) is 0 Å². The van der Waals surface area contributed by atoms with E-state index < -0.39 is 0 Å². The van der Waals surface area contributed by atoms with Gasteiger partial charge in [0.15, 0.2) is 0 Å². The number of morpholine rings is 1. The average molecular weight is 368 g/mol. The van der Waals surface area contributed by atoms with Crippen LogP contribution in [0, 0.1) is 0 Å². The van der Waals surface area contributed by atoms with E-state index in [0.29, 0.717) is 18.7 Å². The summed E-state index contributed by atoms with van der Waals surface area (Å²) >= 11 is 0. The highest BCUT2D eigenvalue weighted by Gasteiger charge is 2.38. The largest absolute Gasteiger partial charge is 0.493 e. The minimum absolute atomic E-state index is 0.415. The molecule has 0 aromatic heterocycles. The van der Waals surface area contributed by atoms with Gasteiger partial charge in [-0.2, -0.15) is 5.10 Å². The number of nitrogens with zero attached hydrogens (tertiary/aromatic N) is 3. The molecule has 27 heavy (non-hydrogen) atoms. The van der Waals surface area contributed by atoms with Crippen LogP contribution >= 0.6 is 0 Å². The molecule has 0 radical (unpaired) electrons. The molecule has 2 aliphatic heterocycles. The van der Waals surface area contributed by atoms with E-state index in [2.05, 4.69) is 28.2 Å². The lowest BCUT2D eigenvalue weighted by molar-refractivity contribution is 0.00265. The Bertz CT molecular complexity index is 683. The second-order valence-corrected chi connectivity index (χ2v) is 6.72. The quantitative estimate of drug-likeness (QED) is 0.413. The van der Waals surface area contributed by atoms with Crippen molar-refractivity contribution < 1.29 is 9.47 Å². The van der Waals surface area contributed by atoms with Crippen molar-refractivity contribution in [1.82, 2.24) is 10.3 Å². The third-order valence-electron chi connectivity index (χ3n) is 4.74. The number of benzene rings is 1. The van der Waals surface area contributed by atoms with Crippen LogP contribution in [0.2, 0.25) is 0 Å². The van der Waals surface area contributed by atoms with Crippen molar-refractivity contribution in [2.24, 2.45) is 10.1 Å². The highest BCUT2D eigenvalue weighted by atomic mass is 16.5. The SMILES string of the molecule is C=NN\C=C/C(C)=N\C(=C\CCOc1ccccc1)N1C2CCC1COC2. The van der Waals surface area contributed by atoms with Crippen molar-refractivity contribution in [3.8, 4) is 5.75 Å². The van der Waals surface area contributed by atoms with Crippen molar-refractivity contribution in [2.75, 3.05) is 19.8 Å². The first-order valence-corrected chi connectivity index (χ1v) is 9.45. The first kappa shape index (κ1) is 19.2. The Balaban J connectivity index is 1.69. The summed E-state index contributed by atoms with van der Waals surface area (Å²) in [6, 6.07) is 10.7. The van der Waals surface area contributed by atoms with Crippen LogP contribution in [0.1, 0.15) is 26.2 Å². The smallest absolute Gasteiger partial charge is 0.125 e. The first-order valence-electron chi connectivity index (χ1n) is 9.45. The Morgan fingerprint density at radius 2 is 2.04 bits per heavy atom. The van der Waals surface area contributed by atoms with E-state index in [9.17, 15) is 0 Å². The number of ether oxygens (including phenoxy) is 2. The third-order valence-corrected chi connectivity index (χ3v) is 4.74. The van der Waals surface area contributed by atoms with Gasteiger partial charge in [-0.1, -0.05) is 18.2 Å². The van der Waals surface area contributed by atoms with Crippen LogP contribution in [0.3, 0.4) is 0 Å². The molecule has 6 heteroatoms. The van der Waals surface area contributed by atoms with Gasteiger partial charge in [0.1, 0.15) is 11.6 Å². The molecule has 2 atom stereocenters. The molecule has 0 aliphatic carbocycles. The van der Waals surface area contributed by atoms with Gasteiger partial charge in [-0.05, 0) is 44.1 Å². The van der Waals surface area contributed by atoms with Gasteiger partial charge in [0.05, 0.1) is 31.9 Å². The standard InChI is InChI=1S/C21H28N4O2/c1-17(12-13-23-22-2)24-21(25-18-10-11-19(25)16-26-15-18)9-6-14-27-20-7-4-3-5-8-20/h3-5,7-9,12-13,18-19,23H,2,6,10-11,14-16H2,1H3/b13-12-,21-9-,24-17-. The van der Waals surface area contributed by atoms with Crippen molar-refractivity contribution in [3.05, 3.63) is 54.5 Å². The van der Waals surface area contributed by atoms with Crippen LogP contribution in [0.25, 0.3) is 0 Å². The maximum Gasteiger partial charge on any atom is 0.125 e. The topological polar surface area (TPSA) is 58.5 Å². The average Bonchev–Trinajstić information content (AvgIpc) is 2.93. The summed E-state index contributed by atoms with van der Waals surface area (Å²) in [5.74, 6) is 1.90. The van der Waals surface area contributed by atoms with Crippen LogP contribution in [0.15, 0.2) is 64.6 Å². The highest BCUT2D eigenvalue weighted by Crippen LogP contribution is 2.33. The maximum atomic E-state index is 5.82. The summed E-state index contributed by atoms with van der Waals surface area (Å²) in [6.07, 6.45) is 8.93. The molecule has 3 rings (SSSR count). The molecule has 1 aromatic rings. The Morgan fingerprint density at radius 1 is 1.30 bits per heavy atom. The second kappa shape index (κ2) is 9.92. The lowest BCUT2D eigenvalue weighted by Gasteiger charge is -2.36. The van der Waals surface area contributed by atoms with E-state index in [4.69, 9.17) is 14.5 Å². The number of hydrazone groups is 1. The first-order chi connectivity index (χ1) is 13.3. The Labute approximate surface area is 161 Å². The van der Waals surface area contributed by atoms with Crippen LogP contribution in [-0.4, -0.2) is 49.2 Å². The van der Waals surface area contributed by atoms with Gasteiger partial charge in [-0.15, -0.1) is 0 Å². The monoisotopic (exact) mass is 368 g/mol. The molecular formula is C21H28N4O2. The van der Waals surface area contributed by atoms with Crippen LogP contribution < -0.4 is 10.2 Å². The Morgan fingerprint density at radius 3 is 2.74 bits per heavy atom. The zero-order valence-corrected chi connectivity index (χ0v) is 15.9. The molecular weight excluding hydrogens is 340 g/mol. The molecule has 2 saturated heterocycles. The van der Waals surface area contributed by atoms with Gasteiger partial charge in [-0.25, -0.2) is 4.99 Å². The summed E-state index contributed by atoms with van der Waals surface area (Å²) < 4.78 is 11.5. The predicted octanol–water partition coefficient (Wildman–Crippen LogP) is 3.34. The van der Waals surface area contributed by atoms with Gasteiger partial charge in [0.2, 0.25) is 0 Å². The van der Waals surface area contributed by atoms with Crippen LogP contribution in [0.5, 0.6) is 5.75 Å². The number of aliphatic imine (C=N–C) groups is 1. The van der Waals surface area contributed by atoms with E-state index in [-0.39, 0.29) is 0 Å². The molecule has 2 heterocycles. The number of hydrogen-bond acceptors (Lipinski definition) is 6. The molecule has 6 nitrogen and oxygen atoms in total. The normalized spacial score (nSPS) is 22.9. The maximum absolute atomic E-state index is 5.82. The van der Waals surface area contributed by atoms with E-state index in [0.717, 1.165) is 49.8 Å². The van der Waals surface area contributed by atoms with Gasteiger partial charge < -0.3 is 14.4 Å². The zero-order chi connectivity index (χ0) is 18.9. The molecule has 2 bridgehead atoms. The molecule has 2 aliphatic rings. The second-order valence-electron chi connectivity index (χ2n) is 6.72. The number of fused-ring (bicyclic) bond motifs is 2. The van der Waals surface area contributed by atoms with Gasteiger partial charge in [0.25, 0.3) is 0 Å². The number of rotatable bonds is 9. The van der Waals surface area contributed by atoms with Gasteiger partial charge >= 0.3 is 0 Å². The summed E-state index contributed by atoms with van der Waals surface area (Å²) in [7, 11) is 0. The molecule has 1 aromatic carbocycles. The van der Waals surface area contributed by atoms with Gasteiger partial charge in [-0.3, -0.25) is 5.43 Å². The van der Waals surface area contributed by atoms with E-state index >= 15 is 0 Å². The van der Waals surface area contributed by atoms with Crippen LogP contribution in [0.4, 0.5) is 0 Å². The molecule has 1 N–H and O–H groups in total. The fourth-order valence-electron chi connectivity index (χ4n) is 3.52.